The van der Waals surface area contributed by atoms with Gasteiger partial charge in [0.15, 0.2) is 0 Å². The molecule has 1 atom stereocenters. The zero-order chi connectivity index (χ0) is 12.3. The summed E-state index contributed by atoms with van der Waals surface area (Å²) >= 11 is 3.15. The molecule has 0 heterocycles. The van der Waals surface area contributed by atoms with Gasteiger partial charge >= 0.3 is 0 Å². The molecule has 94 valence electrons. The Bertz CT molecular complexity index is 374. The maximum absolute atomic E-state index is 13.1. The Morgan fingerprint density at radius 2 is 2.00 bits per heavy atom. The Labute approximate surface area is 110 Å². The fourth-order valence-electron chi connectivity index (χ4n) is 2.59. The van der Waals surface area contributed by atoms with Gasteiger partial charge in [-0.2, -0.15) is 0 Å². The first-order valence-corrected chi connectivity index (χ1v) is 7.09. The summed E-state index contributed by atoms with van der Waals surface area (Å²) in [6, 6.07) is 4.76. The first kappa shape index (κ1) is 13.0. The molecule has 3 heteroatoms. The lowest BCUT2D eigenvalue weighted by atomic mass is 9.84. The predicted octanol–water partition coefficient (Wildman–Crippen LogP) is 4.59. The summed E-state index contributed by atoms with van der Waals surface area (Å²) in [4.78, 5) is 0. The minimum atomic E-state index is -0.463. The SMILES string of the molecule is OC(CC1CCCCC1)c1ccc(F)c(Br)c1. The van der Waals surface area contributed by atoms with Crippen LogP contribution in [0, 0.1) is 11.7 Å². The number of aliphatic hydroxyl groups excluding tert-OH is 1. The number of hydrogen-bond donors (Lipinski definition) is 1. The highest BCUT2D eigenvalue weighted by Crippen LogP contribution is 2.32. The molecule has 2 rings (SSSR count). The Balaban J connectivity index is 1.98. The topological polar surface area (TPSA) is 20.2 Å². The highest BCUT2D eigenvalue weighted by molar-refractivity contribution is 9.10. The standard InChI is InChI=1S/C14H18BrFO/c15-12-9-11(6-7-13(12)16)14(17)8-10-4-2-1-3-5-10/h6-7,9-10,14,17H,1-5,8H2. The number of halogens is 2. The molecule has 0 saturated heterocycles. The second-order valence-corrected chi connectivity index (χ2v) is 5.78. The van der Waals surface area contributed by atoms with Gasteiger partial charge in [-0.15, -0.1) is 0 Å². The van der Waals surface area contributed by atoms with Crippen LogP contribution in [0.25, 0.3) is 0 Å². The molecule has 1 unspecified atom stereocenters. The van der Waals surface area contributed by atoms with Gasteiger partial charge in [0.25, 0.3) is 0 Å². The van der Waals surface area contributed by atoms with Crippen LogP contribution in [0.2, 0.25) is 0 Å². The molecule has 1 N–H and O–H groups in total. The summed E-state index contributed by atoms with van der Waals surface area (Å²) < 4.78 is 13.5. The van der Waals surface area contributed by atoms with Crippen molar-refractivity contribution in [3.63, 3.8) is 0 Å². The molecule has 0 aliphatic heterocycles. The van der Waals surface area contributed by atoms with Gasteiger partial charge in [0.2, 0.25) is 0 Å². The summed E-state index contributed by atoms with van der Waals surface area (Å²) in [6.45, 7) is 0. The molecule has 0 aromatic heterocycles. The lowest BCUT2D eigenvalue weighted by Crippen LogP contribution is -2.11. The van der Waals surface area contributed by atoms with Gasteiger partial charge in [-0.1, -0.05) is 38.2 Å². The smallest absolute Gasteiger partial charge is 0.137 e. The first-order chi connectivity index (χ1) is 8.16. The van der Waals surface area contributed by atoms with Crippen LogP contribution in [-0.4, -0.2) is 5.11 Å². The van der Waals surface area contributed by atoms with Crippen LogP contribution in [0.4, 0.5) is 4.39 Å². The Morgan fingerprint density at radius 3 is 2.65 bits per heavy atom. The lowest BCUT2D eigenvalue weighted by molar-refractivity contribution is 0.131. The van der Waals surface area contributed by atoms with Gasteiger partial charge in [0.05, 0.1) is 10.6 Å². The zero-order valence-electron chi connectivity index (χ0n) is 9.83. The normalized spacial score (nSPS) is 19.2. The largest absolute Gasteiger partial charge is 0.388 e. The van der Waals surface area contributed by atoms with E-state index in [0.717, 1.165) is 12.0 Å². The molecule has 1 nitrogen and oxygen atoms in total. The van der Waals surface area contributed by atoms with Crippen LogP contribution in [0.5, 0.6) is 0 Å². The van der Waals surface area contributed by atoms with Crippen LogP contribution in [0.3, 0.4) is 0 Å². The van der Waals surface area contributed by atoms with Crippen molar-refractivity contribution < 1.29 is 9.50 Å². The van der Waals surface area contributed by atoms with Crippen LogP contribution in [0.1, 0.15) is 50.2 Å². The van der Waals surface area contributed by atoms with Crippen molar-refractivity contribution in [3.8, 4) is 0 Å². The summed E-state index contributed by atoms with van der Waals surface area (Å²) in [5, 5.41) is 10.1. The van der Waals surface area contributed by atoms with E-state index in [1.165, 1.54) is 38.2 Å². The van der Waals surface area contributed by atoms with Gasteiger partial charge in [-0.25, -0.2) is 4.39 Å². The van der Waals surface area contributed by atoms with Crippen LogP contribution >= 0.6 is 15.9 Å². The number of aliphatic hydroxyl groups is 1. The summed E-state index contributed by atoms with van der Waals surface area (Å²) in [5.74, 6) is 0.348. The second kappa shape index (κ2) is 5.96. The van der Waals surface area contributed by atoms with E-state index >= 15 is 0 Å². The third-order valence-corrected chi connectivity index (χ3v) is 4.22. The molecule has 1 aliphatic rings. The van der Waals surface area contributed by atoms with E-state index < -0.39 is 6.10 Å². The maximum Gasteiger partial charge on any atom is 0.137 e. The Kier molecular flexibility index (Phi) is 4.57. The highest BCUT2D eigenvalue weighted by Gasteiger charge is 2.19. The van der Waals surface area contributed by atoms with Crippen molar-refractivity contribution in [1.82, 2.24) is 0 Å². The van der Waals surface area contributed by atoms with E-state index in [1.807, 2.05) is 0 Å². The van der Waals surface area contributed by atoms with Crippen molar-refractivity contribution in [3.05, 3.63) is 34.1 Å². The fraction of sp³-hybridized carbons (Fsp3) is 0.571. The summed E-state index contributed by atoms with van der Waals surface area (Å²) in [7, 11) is 0. The van der Waals surface area contributed by atoms with Crippen molar-refractivity contribution >= 4 is 15.9 Å². The minimum Gasteiger partial charge on any atom is -0.388 e. The van der Waals surface area contributed by atoms with E-state index in [0.29, 0.717) is 10.4 Å². The molecule has 0 radical (unpaired) electrons. The van der Waals surface area contributed by atoms with Gasteiger partial charge in [-0.05, 0) is 46.0 Å². The Hall–Kier alpha value is -0.410. The van der Waals surface area contributed by atoms with Gasteiger partial charge in [-0.3, -0.25) is 0 Å². The predicted molar refractivity (Wildman–Crippen MR) is 70.3 cm³/mol. The number of hydrogen-bond acceptors (Lipinski definition) is 1. The maximum atomic E-state index is 13.1. The third-order valence-electron chi connectivity index (χ3n) is 3.61. The summed E-state index contributed by atoms with van der Waals surface area (Å²) in [5.41, 5.74) is 0.809. The Morgan fingerprint density at radius 1 is 1.29 bits per heavy atom. The van der Waals surface area contributed by atoms with Crippen molar-refractivity contribution in [2.75, 3.05) is 0 Å². The molecule has 0 spiro atoms. The molecule has 1 aromatic carbocycles. The first-order valence-electron chi connectivity index (χ1n) is 6.30. The average Bonchev–Trinajstić information content (AvgIpc) is 2.34. The van der Waals surface area contributed by atoms with Crippen LogP contribution in [-0.2, 0) is 0 Å². The van der Waals surface area contributed by atoms with Crippen LogP contribution in [0.15, 0.2) is 22.7 Å². The van der Waals surface area contributed by atoms with Crippen molar-refractivity contribution in [2.24, 2.45) is 5.92 Å². The second-order valence-electron chi connectivity index (χ2n) is 4.93. The molecule has 1 aromatic rings. The highest BCUT2D eigenvalue weighted by atomic mass is 79.9. The minimum absolute atomic E-state index is 0.279. The van der Waals surface area contributed by atoms with E-state index in [9.17, 15) is 9.50 Å². The zero-order valence-corrected chi connectivity index (χ0v) is 11.4. The monoisotopic (exact) mass is 300 g/mol. The van der Waals surface area contributed by atoms with E-state index in [-0.39, 0.29) is 5.82 Å². The average molecular weight is 301 g/mol. The van der Waals surface area contributed by atoms with Crippen LogP contribution < -0.4 is 0 Å². The molecule has 1 fully saturated rings. The lowest BCUT2D eigenvalue weighted by Gasteiger charge is -2.24. The number of benzene rings is 1. The van der Waals surface area contributed by atoms with Crippen molar-refractivity contribution in [1.29, 1.82) is 0 Å². The fourth-order valence-corrected chi connectivity index (χ4v) is 2.99. The summed E-state index contributed by atoms with van der Waals surface area (Å²) in [6.07, 6.45) is 6.68. The molecule has 1 saturated carbocycles. The molecular weight excluding hydrogens is 283 g/mol. The van der Waals surface area contributed by atoms with Crippen molar-refractivity contribution in [2.45, 2.75) is 44.6 Å². The van der Waals surface area contributed by atoms with E-state index in [2.05, 4.69) is 15.9 Å². The quantitative estimate of drug-likeness (QED) is 0.865. The molecular formula is C14H18BrFO. The van der Waals surface area contributed by atoms with Gasteiger partial charge in [0.1, 0.15) is 5.82 Å². The van der Waals surface area contributed by atoms with E-state index in [1.54, 1.807) is 12.1 Å². The number of rotatable bonds is 3. The molecule has 17 heavy (non-hydrogen) atoms. The van der Waals surface area contributed by atoms with E-state index in [4.69, 9.17) is 0 Å². The molecule has 1 aliphatic carbocycles. The third kappa shape index (κ3) is 3.52. The van der Waals surface area contributed by atoms with Gasteiger partial charge < -0.3 is 5.11 Å². The molecule has 0 bridgehead atoms. The van der Waals surface area contributed by atoms with Gasteiger partial charge in [0, 0.05) is 0 Å². The molecule has 0 amide bonds.